The molecule has 0 bridgehead atoms. The monoisotopic (exact) mass is 336 g/mol. The van der Waals surface area contributed by atoms with Crippen LogP contribution < -0.4 is 0 Å². The van der Waals surface area contributed by atoms with Crippen molar-refractivity contribution in [1.82, 2.24) is 19.7 Å². The molecule has 0 aliphatic carbocycles. The molecule has 0 N–H and O–H groups in total. The minimum absolute atomic E-state index is 0.354. The molecule has 0 atom stereocenters. The first-order chi connectivity index (χ1) is 9.56. The molecule has 0 spiro atoms. The highest BCUT2D eigenvalue weighted by Crippen LogP contribution is 2.12. The largest absolute Gasteiger partial charge is 0.299 e. The van der Waals surface area contributed by atoms with Crippen molar-refractivity contribution in [2.24, 2.45) is 0 Å². The lowest BCUT2D eigenvalue weighted by Gasteiger charge is -2.17. The van der Waals surface area contributed by atoms with E-state index >= 15 is 0 Å². The van der Waals surface area contributed by atoms with Crippen molar-refractivity contribution in [2.75, 3.05) is 13.6 Å². The van der Waals surface area contributed by atoms with Crippen LogP contribution in [0.2, 0.25) is 0 Å². The Morgan fingerprint density at radius 1 is 1.25 bits per heavy atom. The van der Waals surface area contributed by atoms with E-state index in [9.17, 15) is 0 Å². The van der Waals surface area contributed by atoms with E-state index in [0.29, 0.717) is 6.04 Å². The summed E-state index contributed by atoms with van der Waals surface area (Å²) in [5.41, 5.74) is 1.35. The maximum Gasteiger partial charge on any atom is 0.141 e. The number of aromatic nitrogens is 3. The number of hydrogen-bond acceptors (Lipinski definition) is 3. The van der Waals surface area contributed by atoms with Gasteiger partial charge < -0.3 is 0 Å². The van der Waals surface area contributed by atoms with Gasteiger partial charge in [0.25, 0.3) is 0 Å². The molecule has 0 amide bonds. The van der Waals surface area contributed by atoms with Gasteiger partial charge in [-0.1, -0.05) is 28.1 Å². The zero-order valence-corrected chi connectivity index (χ0v) is 13.8. The topological polar surface area (TPSA) is 34.0 Å². The number of benzene rings is 1. The van der Waals surface area contributed by atoms with Crippen molar-refractivity contribution in [3.8, 4) is 0 Å². The lowest BCUT2D eigenvalue weighted by Crippen LogP contribution is -2.23. The quantitative estimate of drug-likeness (QED) is 0.811. The van der Waals surface area contributed by atoms with Gasteiger partial charge in [0.2, 0.25) is 0 Å². The molecule has 0 fully saturated rings. The molecular weight excluding hydrogens is 316 g/mol. The van der Waals surface area contributed by atoms with Gasteiger partial charge in [0, 0.05) is 17.1 Å². The lowest BCUT2D eigenvalue weighted by molar-refractivity contribution is 0.309. The summed E-state index contributed by atoms with van der Waals surface area (Å²) in [6.45, 7) is 6.08. The Kier molecular flexibility index (Phi) is 5.31. The Labute approximate surface area is 128 Å². The highest BCUT2D eigenvalue weighted by atomic mass is 79.9. The summed E-state index contributed by atoms with van der Waals surface area (Å²) in [5.74, 6) is 1.03. The van der Waals surface area contributed by atoms with Crippen molar-refractivity contribution in [1.29, 1.82) is 0 Å². The molecule has 0 saturated carbocycles. The molecule has 1 heterocycles. The van der Waals surface area contributed by atoms with E-state index in [4.69, 9.17) is 0 Å². The molecule has 2 aromatic rings. The first-order valence-electron chi connectivity index (χ1n) is 6.87. The number of hydrogen-bond donors (Lipinski definition) is 0. The van der Waals surface area contributed by atoms with Gasteiger partial charge in [0.15, 0.2) is 0 Å². The second-order valence-corrected chi connectivity index (χ2v) is 6.24. The van der Waals surface area contributed by atoms with E-state index in [1.54, 1.807) is 6.33 Å². The zero-order valence-electron chi connectivity index (χ0n) is 12.3. The Morgan fingerprint density at radius 3 is 2.60 bits per heavy atom. The normalized spacial score (nSPS) is 11.5. The summed E-state index contributed by atoms with van der Waals surface area (Å²) < 4.78 is 3.11. The van der Waals surface area contributed by atoms with E-state index in [1.807, 2.05) is 4.68 Å². The molecule has 0 aliphatic rings. The third kappa shape index (κ3) is 4.15. The van der Waals surface area contributed by atoms with Gasteiger partial charge >= 0.3 is 0 Å². The van der Waals surface area contributed by atoms with Gasteiger partial charge in [-0.2, -0.15) is 5.10 Å². The summed E-state index contributed by atoms with van der Waals surface area (Å²) in [6, 6.07) is 8.85. The van der Waals surface area contributed by atoms with Crippen LogP contribution in [0.15, 0.2) is 35.1 Å². The van der Waals surface area contributed by atoms with Crippen molar-refractivity contribution >= 4 is 15.9 Å². The average molecular weight is 337 g/mol. The predicted molar refractivity (Wildman–Crippen MR) is 84.6 cm³/mol. The number of halogens is 1. The standard InChI is InChI=1S/C15H21BrN4/c1-12(2)20-15(17-11-18-20)10-19(3)9-8-13-4-6-14(16)7-5-13/h4-7,11-12H,8-10H2,1-3H3. The van der Waals surface area contributed by atoms with E-state index < -0.39 is 0 Å². The minimum atomic E-state index is 0.354. The third-order valence-electron chi connectivity index (χ3n) is 3.24. The summed E-state index contributed by atoms with van der Waals surface area (Å²) in [4.78, 5) is 6.63. The summed E-state index contributed by atoms with van der Waals surface area (Å²) in [6.07, 6.45) is 2.68. The van der Waals surface area contributed by atoms with Crippen molar-refractivity contribution < 1.29 is 0 Å². The molecular formula is C15H21BrN4. The molecule has 0 radical (unpaired) electrons. The summed E-state index contributed by atoms with van der Waals surface area (Å²) in [7, 11) is 2.12. The van der Waals surface area contributed by atoms with E-state index in [1.165, 1.54) is 5.56 Å². The Balaban J connectivity index is 1.87. The van der Waals surface area contributed by atoms with Crippen LogP contribution >= 0.6 is 15.9 Å². The Morgan fingerprint density at radius 2 is 1.95 bits per heavy atom. The van der Waals surface area contributed by atoms with Crippen LogP contribution in [0.3, 0.4) is 0 Å². The fraction of sp³-hybridized carbons (Fsp3) is 0.467. The van der Waals surface area contributed by atoms with Crippen LogP contribution in [-0.2, 0) is 13.0 Å². The van der Waals surface area contributed by atoms with E-state index in [0.717, 1.165) is 29.8 Å². The minimum Gasteiger partial charge on any atom is -0.299 e. The second-order valence-electron chi connectivity index (χ2n) is 5.33. The van der Waals surface area contributed by atoms with Gasteiger partial charge in [0.05, 0.1) is 6.54 Å². The molecule has 20 heavy (non-hydrogen) atoms. The fourth-order valence-corrected chi connectivity index (χ4v) is 2.37. The molecule has 5 heteroatoms. The first kappa shape index (κ1) is 15.2. The van der Waals surface area contributed by atoms with Gasteiger partial charge in [-0.3, -0.25) is 4.90 Å². The van der Waals surface area contributed by atoms with Crippen LogP contribution in [0.5, 0.6) is 0 Å². The van der Waals surface area contributed by atoms with Gasteiger partial charge in [-0.25, -0.2) is 9.67 Å². The Hall–Kier alpha value is -1.20. The van der Waals surface area contributed by atoms with Gasteiger partial charge in [0.1, 0.15) is 12.2 Å². The molecule has 2 rings (SSSR count). The molecule has 0 aliphatic heterocycles. The maximum atomic E-state index is 4.35. The SMILES string of the molecule is CC(C)n1ncnc1CN(C)CCc1ccc(Br)cc1. The maximum absolute atomic E-state index is 4.35. The average Bonchev–Trinajstić information content (AvgIpc) is 2.86. The van der Waals surface area contributed by atoms with Crippen molar-refractivity contribution in [3.05, 3.63) is 46.5 Å². The van der Waals surface area contributed by atoms with E-state index in [2.05, 4.69) is 76.1 Å². The second kappa shape index (κ2) is 6.99. The van der Waals surface area contributed by atoms with Crippen LogP contribution in [-0.4, -0.2) is 33.3 Å². The molecule has 0 saturated heterocycles. The Bertz CT molecular complexity index is 533. The van der Waals surface area contributed by atoms with E-state index in [-0.39, 0.29) is 0 Å². The molecule has 1 aromatic heterocycles. The summed E-state index contributed by atoms with van der Waals surface area (Å²) in [5, 5.41) is 4.27. The number of rotatable bonds is 6. The van der Waals surface area contributed by atoms with Crippen molar-refractivity contribution in [3.63, 3.8) is 0 Å². The van der Waals surface area contributed by atoms with Crippen molar-refractivity contribution in [2.45, 2.75) is 32.9 Å². The fourth-order valence-electron chi connectivity index (χ4n) is 2.11. The zero-order chi connectivity index (χ0) is 14.5. The molecule has 1 aromatic carbocycles. The van der Waals surface area contributed by atoms with Crippen LogP contribution in [0.4, 0.5) is 0 Å². The highest BCUT2D eigenvalue weighted by molar-refractivity contribution is 9.10. The third-order valence-corrected chi connectivity index (χ3v) is 3.77. The van der Waals surface area contributed by atoms with Crippen LogP contribution in [0, 0.1) is 0 Å². The molecule has 4 nitrogen and oxygen atoms in total. The van der Waals surface area contributed by atoms with Gasteiger partial charge in [-0.05, 0) is 45.0 Å². The molecule has 0 unspecified atom stereocenters. The smallest absolute Gasteiger partial charge is 0.141 e. The molecule has 108 valence electrons. The van der Waals surface area contributed by atoms with Crippen LogP contribution in [0.1, 0.15) is 31.3 Å². The lowest BCUT2D eigenvalue weighted by atomic mass is 10.1. The predicted octanol–water partition coefficient (Wildman–Crippen LogP) is 3.30. The highest BCUT2D eigenvalue weighted by Gasteiger charge is 2.10. The van der Waals surface area contributed by atoms with Gasteiger partial charge in [-0.15, -0.1) is 0 Å². The van der Waals surface area contributed by atoms with Crippen LogP contribution in [0.25, 0.3) is 0 Å². The first-order valence-corrected chi connectivity index (χ1v) is 7.67. The number of likely N-dealkylation sites (N-methyl/N-ethyl adjacent to an activating group) is 1. The number of nitrogens with zero attached hydrogens (tertiary/aromatic N) is 4. The summed E-state index contributed by atoms with van der Waals surface area (Å²) >= 11 is 3.46.